The van der Waals surface area contributed by atoms with Gasteiger partial charge in [0.15, 0.2) is 0 Å². The molecule has 3 rings (SSSR count). The molecule has 21 heavy (non-hydrogen) atoms. The Labute approximate surface area is 126 Å². The van der Waals surface area contributed by atoms with E-state index >= 15 is 0 Å². The average molecular weight is 293 g/mol. The lowest BCUT2D eigenvalue weighted by Gasteiger charge is -2.33. The second-order valence-electron chi connectivity index (χ2n) is 6.80. The molecule has 0 unspecified atom stereocenters. The van der Waals surface area contributed by atoms with Crippen LogP contribution in [0.15, 0.2) is 10.6 Å². The quantitative estimate of drug-likeness (QED) is 0.918. The first kappa shape index (κ1) is 15.0. The van der Waals surface area contributed by atoms with E-state index in [1.165, 1.54) is 19.3 Å². The molecule has 0 bridgehead atoms. The van der Waals surface area contributed by atoms with Crippen molar-refractivity contribution in [1.29, 1.82) is 0 Å². The van der Waals surface area contributed by atoms with Crippen LogP contribution < -0.4 is 0 Å². The van der Waals surface area contributed by atoms with Crippen LogP contribution in [0.2, 0.25) is 0 Å². The third-order valence-corrected chi connectivity index (χ3v) is 4.73. The molecule has 0 radical (unpaired) electrons. The van der Waals surface area contributed by atoms with Gasteiger partial charge in [-0.3, -0.25) is 9.80 Å². The first-order chi connectivity index (χ1) is 10.1. The van der Waals surface area contributed by atoms with Crippen molar-refractivity contribution in [3.63, 3.8) is 0 Å². The molecule has 118 valence electrons. The Morgan fingerprint density at radius 1 is 1.29 bits per heavy atom. The van der Waals surface area contributed by atoms with Crippen LogP contribution in [0.25, 0.3) is 0 Å². The highest BCUT2D eigenvalue weighted by molar-refractivity contribution is 5.09. The first-order valence-electron chi connectivity index (χ1n) is 8.23. The minimum absolute atomic E-state index is 0.237. The van der Waals surface area contributed by atoms with Gasteiger partial charge in [-0.25, -0.2) is 0 Å². The number of aliphatic hydroxyl groups is 1. The third-order valence-electron chi connectivity index (χ3n) is 4.73. The van der Waals surface area contributed by atoms with Gasteiger partial charge >= 0.3 is 0 Å². The molecule has 0 aliphatic carbocycles. The summed E-state index contributed by atoms with van der Waals surface area (Å²) in [6.07, 6.45) is 3.63. The van der Waals surface area contributed by atoms with Gasteiger partial charge in [0.1, 0.15) is 5.76 Å². The monoisotopic (exact) mass is 293 g/mol. The molecule has 2 atom stereocenters. The molecule has 1 N–H and O–H groups in total. The number of hydrogen-bond donors (Lipinski definition) is 1. The van der Waals surface area contributed by atoms with Gasteiger partial charge in [0, 0.05) is 37.7 Å². The van der Waals surface area contributed by atoms with Gasteiger partial charge in [-0.15, -0.1) is 0 Å². The fourth-order valence-electron chi connectivity index (χ4n) is 3.49. The second-order valence-corrected chi connectivity index (χ2v) is 6.80. The summed E-state index contributed by atoms with van der Waals surface area (Å²) in [5.41, 5.74) is 0.977. The van der Waals surface area contributed by atoms with E-state index in [0.717, 1.165) is 44.2 Å². The maximum absolute atomic E-state index is 10.4. The Morgan fingerprint density at radius 2 is 2.05 bits per heavy atom. The van der Waals surface area contributed by atoms with Crippen LogP contribution in [-0.2, 0) is 6.54 Å². The third kappa shape index (κ3) is 3.47. The molecule has 1 aromatic heterocycles. The Morgan fingerprint density at radius 3 is 2.71 bits per heavy atom. The predicted molar refractivity (Wildman–Crippen MR) is 81.1 cm³/mol. The molecule has 5 heteroatoms. The maximum Gasteiger partial charge on any atom is 0.139 e. The lowest BCUT2D eigenvalue weighted by atomic mass is 10.1. The van der Waals surface area contributed by atoms with E-state index in [1.54, 1.807) is 0 Å². The van der Waals surface area contributed by atoms with Gasteiger partial charge in [0.25, 0.3) is 0 Å². The van der Waals surface area contributed by atoms with Crippen molar-refractivity contribution >= 4 is 0 Å². The zero-order chi connectivity index (χ0) is 14.8. The van der Waals surface area contributed by atoms with Crippen molar-refractivity contribution in [3.8, 4) is 0 Å². The van der Waals surface area contributed by atoms with Crippen molar-refractivity contribution in [2.24, 2.45) is 0 Å². The largest absolute Gasteiger partial charge is 0.390 e. The molecule has 0 saturated carbocycles. The Kier molecular flexibility index (Phi) is 4.62. The summed E-state index contributed by atoms with van der Waals surface area (Å²) in [5, 5.41) is 14.5. The normalized spacial score (nSPS) is 28.6. The van der Waals surface area contributed by atoms with Crippen molar-refractivity contribution in [3.05, 3.63) is 17.5 Å². The highest BCUT2D eigenvalue weighted by Gasteiger charge is 2.36. The Balaban J connectivity index is 1.57. The fourth-order valence-corrected chi connectivity index (χ4v) is 3.49. The summed E-state index contributed by atoms with van der Waals surface area (Å²) in [5.74, 6) is 1.31. The molecular weight excluding hydrogens is 266 g/mol. The number of hydrogen-bond acceptors (Lipinski definition) is 5. The number of aromatic nitrogens is 1. The number of piperidine rings is 1. The molecule has 1 aromatic rings. The zero-order valence-electron chi connectivity index (χ0n) is 13.2. The summed E-state index contributed by atoms with van der Waals surface area (Å²) in [4.78, 5) is 4.77. The molecule has 2 aliphatic rings. The number of aliphatic hydroxyl groups excluding tert-OH is 1. The lowest BCUT2D eigenvalue weighted by Crippen LogP contribution is -2.45. The highest BCUT2D eigenvalue weighted by atomic mass is 16.5. The van der Waals surface area contributed by atoms with E-state index in [0.29, 0.717) is 12.0 Å². The van der Waals surface area contributed by atoms with Crippen molar-refractivity contribution in [2.75, 3.05) is 26.2 Å². The van der Waals surface area contributed by atoms with Crippen LogP contribution in [0, 0.1) is 0 Å². The number of β-amino-alcohol motifs (C(OH)–C–C–N with tert-alkyl or cyclic N) is 1. The van der Waals surface area contributed by atoms with Gasteiger partial charge in [-0.2, -0.15) is 0 Å². The smallest absolute Gasteiger partial charge is 0.139 e. The van der Waals surface area contributed by atoms with Crippen molar-refractivity contribution in [2.45, 2.75) is 57.7 Å². The van der Waals surface area contributed by atoms with E-state index in [1.807, 2.05) is 6.07 Å². The summed E-state index contributed by atoms with van der Waals surface area (Å²) >= 11 is 0. The lowest BCUT2D eigenvalue weighted by molar-refractivity contribution is 0.0706. The highest BCUT2D eigenvalue weighted by Crippen LogP contribution is 2.23. The standard InChI is InChI=1S/C16H27N3O2/c1-12(2)16-8-13(17-21-16)9-18-10-14(15(20)11-18)19-6-4-3-5-7-19/h8,12,14-15,20H,3-7,9-11H2,1-2H3/t14-,15-/m0/s1. The van der Waals surface area contributed by atoms with E-state index in [4.69, 9.17) is 4.52 Å². The van der Waals surface area contributed by atoms with Crippen LogP contribution in [0.3, 0.4) is 0 Å². The SMILES string of the molecule is CC(C)c1cc(CN2C[C@H](O)[C@@H](N3CCCCC3)C2)no1. The second kappa shape index (κ2) is 6.46. The molecule has 0 aromatic carbocycles. The Bertz CT molecular complexity index is 454. The molecular formula is C16H27N3O2. The number of rotatable bonds is 4. The van der Waals surface area contributed by atoms with E-state index in [9.17, 15) is 5.11 Å². The number of nitrogens with zero attached hydrogens (tertiary/aromatic N) is 3. The van der Waals surface area contributed by atoms with Crippen LogP contribution >= 0.6 is 0 Å². The van der Waals surface area contributed by atoms with Gasteiger partial charge in [-0.05, 0) is 25.9 Å². The van der Waals surface area contributed by atoms with E-state index in [2.05, 4.69) is 28.8 Å². The van der Waals surface area contributed by atoms with E-state index < -0.39 is 0 Å². The van der Waals surface area contributed by atoms with Crippen LogP contribution in [0.5, 0.6) is 0 Å². The molecule has 2 fully saturated rings. The van der Waals surface area contributed by atoms with Crippen molar-refractivity contribution in [1.82, 2.24) is 15.0 Å². The molecule has 2 aliphatic heterocycles. The van der Waals surface area contributed by atoms with Crippen molar-refractivity contribution < 1.29 is 9.63 Å². The van der Waals surface area contributed by atoms with Gasteiger partial charge in [0.05, 0.1) is 11.8 Å². The number of likely N-dealkylation sites (tertiary alicyclic amines) is 2. The predicted octanol–water partition coefficient (Wildman–Crippen LogP) is 1.83. The average Bonchev–Trinajstić information content (AvgIpc) is 3.07. The van der Waals surface area contributed by atoms with Crippen LogP contribution in [0.4, 0.5) is 0 Å². The molecule has 3 heterocycles. The van der Waals surface area contributed by atoms with Crippen LogP contribution in [-0.4, -0.2) is 58.4 Å². The Hall–Kier alpha value is -0.910. The van der Waals surface area contributed by atoms with E-state index in [-0.39, 0.29) is 6.10 Å². The summed E-state index contributed by atoms with van der Waals surface area (Å²) in [6.45, 7) is 8.94. The first-order valence-corrected chi connectivity index (χ1v) is 8.23. The molecule has 5 nitrogen and oxygen atoms in total. The van der Waals surface area contributed by atoms with Gasteiger partial charge in [0.2, 0.25) is 0 Å². The fraction of sp³-hybridized carbons (Fsp3) is 0.812. The van der Waals surface area contributed by atoms with Crippen LogP contribution in [0.1, 0.15) is 50.5 Å². The molecule has 0 amide bonds. The molecule has 0 spiro atoms. The topological polar surface area (TPSA) is 52.7 Å². The zero-order valence-corrected chi connectivity index (χ0v) is 13.2. The van der Waals surface area contributed by atoms with Gasteiger partial charge in [-0.1, -0.05) is 25.4 Å². The summed E-state index contributed by atoms with van der Waals surface area (Å²) in [6, 6.07) is 2.34. The minimum Gasteiger partial charge on any atom is -0.390 e. The maximum atomic E-state index is 10.4. The minimum atomic E-state index is -0.237. The van der Waals surface area contributed by atoms with Gasteiger partial charge < -0.3 is 9.63 Å². The molecule has 2 saturated heterocycles. The summed E-state index contributed by atoms with van der Waals surface area (Å²) < 4.78 is 5.36. The summed E-state index contributed by atoms with van der Waals surface area (Å²) in [7, 11) is 0.